The second-order valence-electron chi connectivity index (χ2n) is 6.27. The lowest BCUT2D eigenvalue weighted by molar-refractivity contribution is 0.0506. The zero-order valence-electron chi connectivity index (χ0n) is 12.7. The van der Waals surface area contributed by atoms with E-state index in [0.29, 0.717) is 13.1 Å². The summed E-state index contributed by atoms with van der Waals surface area (Å²) in [6, 6.07) is 3.78. The van der Waals surface area contributed by atoms with Gasteiger partial charge in [0.25, 0.3) is 0 Å². The van der Waals surface area contributed by atoms with E-state index < -0.39 is 5.60 Å². The van der Waals surface area contributed by atoms with Crippen LogP contribution in [0.5, 0.6) is 0 Å². The second kappa shape index (κ2) is 6.58. The van der Waals surface area contributed by atoms with Crippen LogP contribution >= 0.6 is 11.3 Å². The Labute approximate surface area is 129 Å². The van der Waals surface area contributed by atoms with Gasteiger partial charge in [0.05, 0.1) is 11.4 Å². The van der Waals surface area contributed by atoms with Crippen molar-refractivity contribution in [2.24, 2.45) is 0 Å². The molecule has 0 spiro atoms. The Hall–Kier alpha value is -1.40. The maximum Gasteiger partial charge on any atom is 0.407 e. The standard InChI is InChI=1S/C15H22N2O3S/c1-15(2,3)20-14(19)16-11-6-7-17(9-11)10-12(18)13-5-4-8-21-13/h4-5,8,11H,6-7,9-10H2,1-3H3,(H,16,19)/t11-/m0/s1. The van der Waals surface area contributed by atoms with Crippen LogP contribution in [-0.2, 0) is 4.74 Å². The molecule has 116 valence electrons. The number of carbonyl (C=O) groups excluding carboxylic acids is 2. The smallest absolute Gasteiger partial charge is 0.407 e. The number of nitrogens with one attached hydrogen (secondary N) is 1. The number of Topliss-reactive ketones (excluding diaryl/α,β-unsaturated/α-hetero) is 1. The average molecular weight is 310 g/mol. The average Bonchev–Trinajstić information content (AvgIpc) is 2.97. The van der Waals surface area contributed by atoms with Crippen molar-refractivity contribution in [2.45, 2.75) is 38.8 Å². The highest BCUT2D eigenvalue weighted by Crippen LogP contribution is 2.14. The molecule has 0 aromatic carbocycles. The van der Waals surface area contributed by atoms with Crippen molar-refractivity contribution in [1.29, 1.82) is 0 Å². The quantitative estimate of drug-likeness (QED) is 0.868. The lowest BCUT2D eigenvalue weighted by atomic mass is 10.2. The molecule has 1 saturated heterocycles. The maximum absolute atomic E-state index is 12.0. The van der Waals surface area contributed by atoms with Crippen LogP contribution in [0.25, 0.3) is 0 Å². The van der Waals surface area contributed by atoms with Gasteiger partial charge in [-0.25, -0.2) is 4.79 Å². The zero-order valence-corrected chi connectivity index (χ0v) is 13.5. The van der Waals surface area contributed by atoms with Crippen LogP contribution in [0.4, 0.5) is 4.79 Å². The Morgan fingerprint density at radius 2 is 2.24 bits per heavy atom. The number of likely N-dealkylation sites (tertiary alicyclic amines) is 1. The first kappa shape index (κ1) is 16.0. The van der Waals surface area contributed by atoms with Crippen molar-refractivity contribution in [2.75, 3.05) is 19.6 Å². The molecule has 1 aromatic rings. The monoisotopic (exact) mass is 310 g/mol. The Morgan fingerprint density at radius 1 is 1.48 bits per heavy atom. The van der Waals surface area contributed by atoms with Gasteiger partial charge in [0.1, 0.15) is 5.60 Å². The van der Waals surface area contributed by atoms with Crippen LogP contribution in [-0.4, -0.2) is 48.1 Å². The first-order chi connectivity index (χ1) is 9.83. The normalized spacial score (nSPS) is 19.5. The topological polar surface area (TPSA) is 58.6 Å². The molecule has 1 amide bonds. The van der Waals surface area contributed by atoms with Crippen molar-refractivity contribution in [3.8, 4) is 0 Å². The Morgan fingerprint density at radius 3 is 2.86 bits per heavy atom. The molecule has 1 fully saturated rings. The molecule has 1 atom stereocenters. The molecule has 21 heavy (non-hydrogen) atoms. The van der Waals surface area contributed by atoms with E-state index in [2.05, 4.69) is 10.2 Å². The molecular formula is C15H22N2O3S. The molecule has 2 rings (SSSR count). The van der Waals surface area contributed by atoms with E-state index >= 15 is 0 Å². The minimum atomic E-state index is -0.489. The summed E-state index contributed by atoms with van der Waals surface area (Å²) in [6.07, 6.45) is 0.454. The molecule has 0 bridgehead atoms. The summed E-state index contributed by atoms with van der Waals surface area (Å²) in [7, 11) is 0. The van der Waals surface area contributed by atoms with Gasteiger partial charge in [-0.3, -0.25) is 9.69 Å². The van der Waals surface area contributed by atoms with Crippen LogP contribution in [0.3, 0.4) is 0 Å². The van der Waals surface area contributed by atoms with Crippen LogP contribution < -0.4 is 5.32 Å². The third kappa shape index (κ3) is 5.13. The highest BCUT2D eigenvalue weighted by Gasteiger charge is 2.27. The van der Waals surface area contributed by atoms with Gasteiger partial charge in [0, 0.05) is 19.1 Å². The van der Waals surface area contributed by atoms with Gasteiger partial charge >= 0.3 is 6.09 Å². The fourth-order valence-corrected chi connectivity index (χ4v) is 2.94. The first-order valence-corrected chi connectivity index (χ1v) is 8.00. The molecule has 0 unspecified atom stereocenters. The summed E-state index contributed by atoms with van der Waals surface area (Å²) in [4.78, 5) is 26.6. The van der Waals surface area contributed by atoms with Gasteiger partial charge < -0.3 is 10.1 Å². The summed E-state index contributed by atoms with van der Waals surface area (Å²) < 4.78 is 5.24. The van der Waals surface area contributed by atoms with Crippen molar-refractivity contribution >= 4 is 23.2 Å². The lowest BCUT2D eigenvalue weighted by Crippen LogP contribution is -2.41. The number of alkyl carbamates (subject to hydrolysis) is 1. The molecule has 1 aromatic heterocycles. The van der Waals surface area contributed by atoms with E-state index in [-0.39, 0.29) is 17.9 Å². The summed E-state index contributed by atoms with van der Waals surface area (Å²) in [5.74, 6) is 0.142. The minimum absolute atomic E-state index is 0.0518. The van der Waals surface area contributed by atoms with Gasteiger partial charge in [-0.2, -0.15) is 0 Å². The lowest BCUT2D eigenvalue weighted by Gasteiger charge is -2.22. The number of carbonyl (C=O) groups is 2. The van der Waals surface area contributed by atoms with E-state index in [9.17, 15) is 9.59 Å². The molecule has 0 radical (unpaired) electrons. The SMILES string of the molecule is CC(C)(C)OC(=O)N[C@H]1CCN(CC(=O)c2cccs2)C1. The number of nitrogens with zero attached hydrogens (tertiary/aromatic N) is 1. The fraction of sp³-hybridized carbons (Fsp3) is 0.600. The molecule has 2 heterocycles. The van der Waals surface area contributed by atoms with E-state index in [1.165, 1.54) is 11.3 Å². The summed E-state index contributed by atoms with van der Waals surface area (Å²) in [5, 5.41) is 4.77. The summed E-state index contributed by atoms with van der Waals surface area (Å²) >= 11 is 1.47. The third-order valence-corrected chi connectivity index (χ3v) is 4.07. The van der Waals surface area contributed by atoms with Gasteiger partial charge in [0.2, 0.25) is 0 Å². The molecular weight excluding hydrogens is 288 g/mol. The predicted molar refractivity (Wildman–Crippen MR) is 82.9 cm³/mol. The van der Waals surface area contributed by atoms with Crippen molar-refractivity contribution in [3.05, 3.63) is 22.4 Å². The highest BCUT2D eigenvalue weighted by atomic mass is 32.1. The number of ether oxygens (including phenoxy) is 1. The van der Waals surface area contributed by atoms with Crippen LogP contribution in [0.2, 0.25) is 0 Å². The number of hydrogen-bond acceptors (Lipinski definition) is 5. The van der Waals surface area contributed by atoms with E-state index in [1.54, 1.807) is 0 Å². The van der Waals surface area contributed by atoms with E-state index in [0.717, 1.165) is 17.8 Å². The summed E-state index contributed by atoms with van der Waals surface area (Å²) in [5.41, 5.74) is -0.489. The first-order valence-electron chi connectivity index (χ1n) is 7.12. The van der Waals surface area contributed by atoms with Gasteiger partial charge in [0.15, 0.2) is 5.78 Å². The third-order valence-electron chi connectivity index (χ3n) is 3.16. The summed E-state index contributed by atoms with van der Waals surface area (Å²) in [6.45, 7) is 7.44. The van der Waals surface area contributed by atoms with Crippen LogP contribution in [0, 0.1) is 0 Å². The number of hydrogen-bond donors (Lipinski definition) is 1. The molecule has 1 aliphatic heterocycles. The molecule has 0 saturated carbocycles. The predicted octanol–water partition coefficient (Wildman–Crippen LogP) is 2.53. The zero-order chi connectivity index (χ0) is 15.5. The Balaban J connectivity index is 1.76. The fourth-order valence-electron chi connectivity index (χ4n) is 2.29. The number of amides is 1. The van der Waals surface area contributed by atoms with Crippen LogP contribution in [0.15, 0.2) is 17.5 Å². The van der Waals surface area contributed by atoms with Gasteiger partial charge in [-0.05, 0) is 38.6 Å². The van der Waals surface area contributed by atoms with Crippen molar-refractivity contribution in [1.82, 2.24) is 10.2 Å². The molecule has 1 N–H and O–H groups in total. The Kier molecular flexibility index (Phi) is 5.00. The Bertz CT molecular complexity index is 494. The maximum atomic E-state index is 12.0. The van der Waals surface area contributed by atoms with Gasteiger partial charge in [-0.15, -0.1) is 11.3 Å². The molecule has 0 aliphatic carbocycles. The van der Waals surface area contributed by atoms with Crippen LogP contribution in [0.1, 0.15) is 36.9 Å². The highest BCUT2D eigenvalue weighted by molar-refractivity contribution is 7.12. The van der Waals surface area contributed by atoms with Crippen molar-refractivity contribution in [3.63, 3.8) is 0 Å². The second-order valence-corrected chi connectivity index (χ2v) is 7.22. The van der Waals surface area contributed by atoms with E-state index in [1.807, 2.05) is 38.3 Å². The van der Waals surface area contributed by atoms with Gasteiger partial charge in [-0.1, -0.05) is 6.07 Å². The number of rotatable bonds is 4. The van der Waals surface area contributed by atoms with E-state index in [4.69, 9.17) is 4.74 Å². The largest absolute Gasteiger partial charge is 0.444 e. The molecule has 6 heteroatoms. The molecule has 5 nitrogen and oxygen atoms in total. The minimum Gasteiger partial charge on any atom is -0.444 e. The molecule has 1 aliphatic rings. The number of thiophene rings is 1. The number of ketones is 1. The van der Waals surface area contributed by atoms with Crippen molar-refractivity contribution < 1.29 is 14.3 Å².